The number of hydrogen-bond donors (Lipinski definition) is 0. The molecular weight excluding hydrogens is 336 g/mol. The van der Waals surface area contributed by atoms with Crippen LogP contribution >= 0.6 is 0 Å². The molecule has 0 spiro atoms. The first-order chi connectivity index (χ1) is 12.4. The van der Waals surface area contributed by atoms with E-state index in [-0.39, 0.29) is 5.91 Å². The lowest BCUT2D eigenvalue weighted by Crippen LogP contribution is -2.35. The fourth-order valence-electron chi connectivity index (χ4n) is 3.32. The van der Waals surface area contributed by atoms with Crippen LogP contribution in [-0.4, -0.2) is 43.0 Å². The van der Waals surface area contributed by atoms with Crippen LogP contribution in [0.5, 0.6) is 0 Å². The van der Waals surface area contributed by atoms with Gasteiger partial charge >= 0.3 is 0 Å². The third-order valence-corrected chi connectivity index (χ3v) is 4.85. The van der Waals surface area contributed by atoms with Crippen molar-refractivity contribution in [1.82, 2.24) is 9.88 Å². The van der Waals surface area contributed by atoms with E-state index >= 15 is 0 Å². The summed E-state index contributed by atoms with van der Waals surface area (Å²) < 4.78 is 26.4. The highest BCUT2D eigenvalue weighted by Crippen LogP contribution is 2.25. The Morgan fingerprint density at radius 2 is 1.88 bits per heavy atom. The Balaban J connectivity index is 1.56. The molecule has 0 bridgehead atoms. The summed E-state index contributed by atoms with van der Waals surface area (Å²) in [4.78, 5) is 20.1. The van der Waals surface area contributed by atoms with E-state index < -0.39 is 11.6 Å². The molecule has 138 valence electrons. The van der Waals surface area contributed by atoms with Gasteiger partial charge in [0.25, 0.3) is 5.91 Å². The molecule has 0 atom stereocenters. The van der Waals surface area contributed by atoms with E-state index in [0.717, 1.165) is 43.7 Å². The van der Waals surface area contributed by atoms with E-state index in [2.05, 4.69) is 9.88 Å². The van der Waals surface area contributed by atoms with E-state index in [1.165, 1.54) is 17.0 Å². The topological polar surface area (TPSA) is 36.4 Å². The van der Waals surface area contributed by atoms with Gasteiger partial charge < -0.3 is 9.80 Å². The number of carbonyl (C=O) groups excluding carboxylic acids is 1. The Bertz CT molecular complexity index is 769. The van der Waals surface area contributed by atoms with Gasteiger partial charge in [-0.05, 0) is 55.0 Å². The summed E-state index contributed by atoms with van der Waals surface area (Å²) in [6.07, 6.45) is 4.32. The highest BCUT2D eigenvalue weighted by Gasteiger charge is 2.21. The molecule has 1 aliphatic heterocycles. The maximum absolute atomic E-state index is 13.3. The second-order valence-corrected chi connectivity index (χ2v) is 6.99. The van der Waals surface area contributed by atoms with Crippen molar-refractivity contribution in [3.63, 3.8) is 0 Å². The van der Waals surface area contributed by atoms with Crippen LogP contribution in [0.25, 0.3) is 0 Å². The lowest BCUT2D eigenvalue weighted by Gasteiger charge is -2.33. The molecule has 1 saturated heterocycles. The molecule has 6 heteroatoms. The third kappa shape index (κ3) is 4.18. The van der Waals surface area contributed by atoms with Crippen LogP contribution in [0, 0.1) is 17.6 Å². The first-order valence-electron chi connectivity index (χ1n) is 8.80. The van der Waals surface area contributed by atoms with Gasteiger partial charge in [0.2, 0.25) is 0 Å². The van der Waals surface area contributed by atoms with Crippen molar-refractivity contribution in [2.45, 2.75) is 19.3 Å². The van der Waals surface area contributed by atoms with Crippen LogP contribution < -0.4 is 4.90 Å². The van der Waals surface area contributed by atoms with Crippen LogP contribution in [0.4, 0.5) is 14.6 Å². The largest absolute Gasteiger partial charge is 0.357 e. The average molecular weight is 359 g/mol. The lowest BCUT2D eigenvalue weighted by atomic mass is 9.90. The molecule has 0 unspecified atom stereocenters. The minimum Gasteiger partial charge on any atom is -0.357 e. The zero-order valence-corrected chi connectivity index (χ0v) is 15.1. The Kier molecular flexibility index (Phi) is 5.49. The SMILES string of the molecule is CN(C)C(=O)c1ccc(N2CCC(Cc3ccc(F)c(F)c3)CC2)nc1. The average Bonchev–Trinajstić information content (AvgIpc) is 2.65. The second-order valence-electron chi connectivity index (χ2n) is 6.99. The summed E-state index contributed by atoms with van der Waals surface area (Å²) in [6.45, 7) is 1.73. The van der Waals surface area contributed by atoms with E-state index in [1.807, 2.05) is 6.07 Å². The Labute approximate surface area is 152 Å². The number of aromatic nitrogens is 1. The molecule has 0 radical (unpaired) electrons. The van der Waals surface area contributed by atoms with Gasteiger partial charge in [-0.15, -0.1) is 0 Å². The van der Waals surface area contributed by atoms with Crippen LogP contribution in [-0.2, 0) is 6.42 Å². The number of benzene rings is 1. The smallest absolute Gasteiger partial charge is 0.254 e. The Morgan fingerprint density at radius 3 is 2.46 bits per heavy atom. The van der Waals surface area contributed by atoms with Crippen molar-refractivity contribution >= 4 is 11.7 Å². The molecule has 26 heavy (non-hydrogen) atoms. The van der Waals surface area contributed by atoms with Gasteiger partial charge in [0.1, 0.15) is 5.82 Å². The van der Waals surface area contributed by atoms with Gasteiger partial charge in [-0.3, -0.25) is 4.79 Å². The first-order valence-corrected chi connectivity index (χ1v) is 8.80. The number of amides is 1. The zero-order valence-electron chi connectivity index (χ0n) is 15.1. The predicted octanol–water partition coefficient (Wildman–Crippen LogP) is 3.52. The van der Waals surface area contributed by atoms with Crippen molar-refractivity contribution in [2.24, 2.45) is 5.92 Å². The lowest BCUT2D eigenvalue weighted by molar-refractivity contribution is 0.0827. The van der Waals surface area contributed by atoms with Gasteiger partial charge in [0.05, 0.1) is 5.56 Å². The molecule has 1 aromatic heterocycles. The van der Waals surface area contributed by atoms with Crippen LogP contribution in [0.3, 0.4) is 0 Å². The number of rotatable bonds is 4. The Morgan fingerprint density at radius 1 is 1.15 bits per heavy atom. The van der Waals surface area contributed by atoms with Crippen LogP contribution in [0.1, 0.15) is 28.8 Å². The van der Waals surface area contributed by atoms with Crippen molar-refractivity contribution in [1.29, 1.82) is 0 Å². The van der Waals surface area contributed by atoms with Gasteiger partial charge in [0.15, 0.2) is 11.6 Å². The standard InChI is InChI=1S/C20H23F2N3O/c1-24(2)20(26)16-4-6-19(23-13-16)25-9-7-14(8-10-25)11-15-3-5-17(21)18(22)12-15/h3-6,12-14H,7-11H2,1-2H3. The van der Waals surface area contributed by atoms with Crippen molar-refractivity contribution in [2.75, 3.05) is 32.1 Å². The summed E-state index contributed by atoms with van der Waals surface area (Å²) >= 11 is 0. The molecule has 0 N–H and O–H groups in total. The molecule has 1 aliphatic rings. The molecule has 4 nitrogen and oxygen atoms in total. The van der Waals surface area contributed by atoms with Gasteiger partial charge in [-0.2, -0.15) is 0 Å². The highest BCUT2D eigenvalue weighted by atomic mass is 19.2. The van der Waals surface area contributed by atoms with Crippen LogP contribution in [0.2, 0.25) is 0 Å². The van der Waals surface area contributed by atoms with Crippen molar-refractivity contribution in [3.8, 4) is 0 Å². The van der Waals surface area contributed by atoms with E-state index in [4.69, 9.17) is 0 Å². The Hall–Kier alpha value is -2.50. The number of piperidine rings is 1. The normalized spacial score (nSPS) is 15.2. The molecule has 0 saturated carbocycles. The van der Waals surface area contributed by atoms with Gasteiger partial charge in [-0.1, -0.05) is 6.07 Å². The van der Waals surface area contributed by atoms with E-state index in [9.17, 15) is 13.6 Å². The minimum absolute atomic E-state index is 0.0608. The van der Waals surface area contributed by atoms with Gasteiger partial charge in [0, 0.05) is 33.4 Å². The molecule has 1 amide bonds. The minimum atomic E-state index is -0.800. The predicted molar refractivity (Wildman–Crippen MR) is 97.3 cm³/mol. The number of pyridine rings is 1. The fraction of sp³-hybridized carbons (Fsp3) is 0.400. The number of anilines is 1. The zero-order chi connectivity index (χ0) is 18.7. The molecule has 1 fully saturated rings. The molecule has 2 aromatic rings. The van der Waals surface area contributed by atoms with Crippen molar-refractivity contribution < 1.29 is 13.6 Å². The maximum Gasteiger partial charge on any atom is 0.254 e. The summed E-state index contributed by atoms with van der Waals surface area (Å²) in [6, 6.07) is 7.83. The molecule has 2 heterocycles. The summed E-state index contributed by atoms with van der Waals surface area (Å²) in [7, 11) is 3.43. The first kappa shape index (κ1) is 18.3. The summed E-state index contributed by atoms with van der Waals surface area (Å²) in [5.74, 6) is -0.325. The fourth-order valence-corrected chi connectivity index (χ4v) is 3.32. The molecule has 1 aromatic carbocycles. The van der Waals surface area contributed by atoms with Crippen molar-refractivity contribution in [3.05, 3.63) is 59.3 Å². The molecule has 3 rings (SSSR count). The number of hydrogen-bond acceptors (Lipinski definition) is 3. The van der Waals surface area contributed by atoms with E-state index in [0.29, 0.717) is 11.5 Å². The highest BCUT2D eigenvalue weighted by molar-refractivity contribution is 5.93. The molecule has 0 aliphatic carbocycles. The monoisotopic (exact) mass is 359 g/mol. The summed E-state index contributed by atoms with van der Waals surface area (Å²) in [5.41, 5.74) is 1.42. The number of carbonyl (C=O) groups is 1. The maximum atomic E-state index is 13.3. The van der Waals surface area contributed by atoms with Gasteiger partial charge in [-0.25, -0.2) is 13.8 Å². The van der Waals surface area contributed by atoms with E-state index in [1.54, 1.807) is 32.4 Å². The summed E-state index contributed by atoms with van der Waals surface area (Å²) in [5, 5.41) is 0. The second kappa shape index (κ2) is 7.81. The molecular formula is C20H23F2N3O. The number of nitrogens with zero attached hydrogens (tertiary/aromatic N) is 3. The number of halogens is 2. The quantitative estimate of drug-likeness (QED) is 0.838. The third-order valence-electron chi connectivity index (χ3n) is 4.85. The van der Waals surface area contributed by atoms with Crippen LogP contribution in [0.15, 0.2) is 36.5 Å².